The highest BCUT2D eigenvalue weighted by Crippen LogP contribution is 2.47. The van der Waals surface area contributed by atoms with E-state index in [0.717, 1.165) is 18.2 Å². The van der Waals surface area contributed by atoms with Crippen LogP contribution in [-0.4, -0.2) is 31.0 Å². The van der Waals surface area contributed by atoms with Gasteiger partial charge in [-0.1, -0.05) is 18.2 Å². The van der Waals surface area contributed by atoms with E-state index < -0.39 is 43.7 Å². The number of nitrogens with two attached hydrogens (primary N) is 1. The zero-order valence-corrected chi connectivity index (χ0v) is 16.3. The van der Waals surface area contributed by atoms with Crippen molar-refractivity contribution in [3.63, 3.8) is 0 Å². The molecule has 0 saturated carbocycles. The molecule has 0 fully saturated rings. The van der Waals surface area contributed by atoms with Crippen LogP contribution in [0.2, 0.25) is 0 Å². The number of hydrogen-bond donors (Lipinski definition) is 4. The molecule has 0 spiro atoms. The first-order chi connectivity index (χ1) is 13.9. The van der Waals surface area contributed by atoms with Gasteiger partial charge >= 0.3 is 20.8 Å². The van der Waals surface area contributed by atoms with E-state index in [4.69, 9.17) is 14.8 Å². The van der Waals surface area contributed by atoms with E-state index in [2.05, 4.69) is 18.6 Å². The van der Waals surface area contributed by atoms with Crippen LogP contribution in [0.3, 0.4) is 0 Å². The van der Waals surface area contributed by atoms with Crippen molar-refractivity contribution in [1.29, 1.82) is 0 Å². The normalized spacial score (nSPS) is 12.3. The lowest BCUT2D eigenvalue weighted by atomic mass is 10.1. The summed E-state index contributed by atoms with van der Waals surface area (Å²) in [5.41, 5.74) is 5.52. The molecule has 0 aliphatic carbocycles. The molecule has 14 heteroatoms. The second-order valence-corrected chi connectivity index (χ2v) is 7.78. The lowest BCUT2D eigenvalue weighted by Crippen LogP contribution is -2.08. The van der Waals surface area contributed by atoms with E-state index in [1.165, 1.54) is 0 Å². The number of azo groups is 1. The Morgan fingerprint density at radius 1 is 0.867 bits per heavy atom. The van der Waals surface area contributed by atoms with Crippen LogP contribution in [0, 0.1) is 0 Å². The fourth-order valence-corrected chi connectivity index (χ4v) is 3.23. The maximum Gasteiger partial charge on any atom is 0.446 e. The molecule has 158 valence electrons. The van der Waals surface area contributed by atoms with E-state index in [1.807, 2.05) is 0 Å². The highest BCUT2D eigenvalue weighted by atomic mass is 32.3. The standard InChI is InChI=1S/C16H13N3O9S2/c17-12-8-11(27-29(21,22)23)6-9-7-13(28-30(24,25)26)15(16(20)14(9)12)19-18-10-4-2-1-3-5-10/h1-8,20H,17H2,(H,21,22,23)(H,24,25,26). The fraction of sp³-hybridized carbons (Fsp3) is 0. The molecule has 3 rings (SSSR count). The van der Waals surface area contributed by atoms with Gasteiger partial charge in [-0.2, -0.15) is 21.9 Å². The predicted octanol–water partition coefficient (Wildman–Crippen LogP) is 2.91. The Hall–Kier alpha value is -3.46. The number of phenols is 1. The molecule has 12 nitrogen and oxygen atoms in total. The first-order valence-corrected chi connectivity index (χ1v) is 10.6. The number of phenolic OH excluding ortho intramolecular Hbond substituents is 1. The van der Waals surface area contributed by atoms with Gasteiger partial charge in [-0.05, 0) is 29.7 Å². The molecule has 3 aromatic carbocycles. The Morgan fingerprint density at radius 2 is 1.50 bits per heavy atom. The molecule has 0 aliphatic rings. The van der Waals surface area contributed by atoms with Crippen molar-refractivity contribution in [3.8, 4) is 17.2 Å². The second-order valence-electron chi connectivity index (χ2n) is 5.74. The van der Waals surface area contributed by atoms with E-state index in [9.17, 15) is 21.9 Å². The average molecular weight is 455 g/mol. The summed E-state index contributed by atoms with van der Waals surface area (Å²) in [5, 5.41) is 18.1. The number of benzene rings is 3. The Labute approximate surface area is 170 Å². The van der Waals surface area contributed by atoms with Gasteiger partial charge in [0.25, 0.3) is 0 Å². The number of rotatable bonds is 6. The van der Waals surface area contributed by atoms with Gasteiger partial charge in [0, 0.05) is 17.1 Å². The van der Waals surface area contributed by atoms with E-state index in [0.29, 0.717) is 5.69 Å². The minimum atomic E-state index is -5.03. The highest BCUT2D eigenvalue weighted by molar-refractivity contribution is 7.81. The molecule has 0 saturated heterocycles. The number of hydrogen-bond acceptors (Lipinski definition) is 10. The maximum absolute atomic E-state index is 11.2. The SMILES string of the molecule is Nc1cc(OS(=O)(=O)O)cc2cc(OS(=O)(=O)O)c(N=Nc3ccccc3)c(O)c12. The molecular formula is C16H13N3O9S2. The van der Waals surface area contributed by atoms with Gasteiger partial charge in [0.15, 0.2) is 17.2 Å². The zero-order valence-electron chi connectivity index (χ0n) is 14.7. The van der Waals surface area contributed by atoms with Crippen molar-refractivity contribution >= 4 is 48.6 Å². The van der Waals surface area contributed by atoms with Crippen molar-refractivity contribution < 1.29 is 39.4 Å². The first-order valence-electron chi connectivity index (χ1n) is 7.83. The Balaban J connectivity index is 2.24. The van der Waals surface area contributed by atoms with E-state index in [1.54, 1.807) is 30.3 Å². The van der Waals surface area contributed by atoms with Gasteiger partial charge in [0.05, 0.1) is 5.69 Å². The van der Waals surface area contributed by atoms with Crippen molar-refractivity contribution in [3.05, 3.63) is 48.5 Å². The summed E-state index contributed by atoms with van der Waals surface area (Å²) in [6.45, 7) is 0. The Bertz CT molecular complexity index is 1360. The van der Waals surface area contributed by atoms with Crippen LogP contribution in [0.5, 0.6) is 17.2 Å². The summed E-state index contributed by atoms with van der Waals surface area (Å²) in [4.78, 5) is 0. The molecule has 0 atom stereocenters. The first kappa shape index (κ1) is 21.3. The predicted molar refractivity (Wildman–Crippen MR) is 105 cm³/mol. The fourth-order valence-electron chi connectivity index (χ4n) is 2.54. The van der Waals surface area contributed by atoms with Gasteiger partial charge in [-0.3, -0.25) is 9.11 Å². The molecule has 0 heterocycles. The summed E-state index contributed by atoms with van der Waals surface area (Å²) >= 11 is 0. The van der Waals surface area contributed by atoms with Crippen molar-refractivity contribution in [2.45, 2.75) is 0 Å². The Kier molecular flexibility index (Phi) is 5.49. The van der Waals surface area contributed by atoms with Gasteiger partial charge < -0.3 is 19.2 Å². The Morgan fingerprint density at radius 3 is 2.10 bits per heavy atom. The van der Waals surface area contributed by atoms with Crippen LogP contribution in [0.1, 0.15) is 0 Å². The molecule has 0 unspecified atom stereocenters. The summed E-state index contributed by atoms with van der Waals surface area (Å²) in [6.07, 6.45) is 0. The van der Waals surface area contributed by atoms with Gasteiger partial charge in [0.2, 0.25) is 0 Å². The molecule has 3 aromatic rings. The smallest absolute Gasteiger partial charge is 0.446 e. The summed E-state index contributed by atoms with van der Waals surface area (Å²) < 4.78 is 70.9. The monoisotopic (exact) mass is 455 g/mol. The third kappa shape index (κ3) is 5.12. The molecule has 5 N–H and O–H groups in total. The number of nitrogen functional groups attached to an aromatic ring is 1. The van der Waals surface area contributed by atoms with Crippen molar-refractivity contribution in [2.24, 2.45) is 10.2 Å². The third-order valence-corrected chi connectivity index (χ3v) is 4.37. The lowest BCUT2D eigenvalue weighted by molar-refractivity contribution is 0.385. The highest BCUT2D eigenvalue weighted by Gasteiger charge is 2.21. The number of fused-ring (bicyclic) bond motifs is 1. The van der Waals surface area contributed by atoms with Crippen LogP contribution in [-0.2, 0) is 20.8 Å². The van der Waals surface area contributed by atoms with Crippen molar-refractivity contribution in [1.82, 2.24) is 0 Å². The second kappa shape index (κ2) is 7.75. The molecule has 0 aromatic heterocycles. The largest absolute Gasteiger partial charge is 0.505 e. The summed E-state index contributed by atoms with van der Waals surface area (Å²) in [5.74, 6) is -1.73. The van der Waals surface area contributed by atoms with Crippen LogP contribution < -0.4 is 14.1 Å². The van der Waals surface area contributed by atoms with Crippen LogP contribution >= 0.6 is 0 Å². The molecular weight excluding hydrogens is 442 g/mol. The molecule has 30 heavy (non-hydrogen) atoms. The number of nitrogens with zero attached hydrogens (tertiary/aromatic N) is 2. The van der Waals surface area contributed by atoms with Crippen LogP contribution in [0.4, 0.5) is 17.1 Å². The zero-order chi connectivity index (χ0) is 22.1. The van der Waals surface area contributed by atoms with E-state index >= 15 is 0 Å². The topological polar surface area (TPSA) is 198 Å². The molecule has 0 bridgehead atoms. The van der Waals surface area contributed by atoms with Gasteiger partial charge in [0.1, 0.15) is 5.75 Å². The minimum absolute atomic E-state index is 0.0524. The van der Waals surface area contributed by atoms with Crippen LogP contribution in [0.25, 0.3) is 10.8 Å². The molecule has 0 radical (unpaired) electrons. The molecule has 0 aliphatic heterocycles. The number of aromatic hydroxyl groups is 1. The van der Waals surface area contributed by atoms with E-state index in [-0.39, 0.29) is 16.5 Å². The maximum atomic E-state index is 11.2. The minimum Gasteiger partial charge on any atom is -0.505 e. The lowest BCUT2D eigenvalue weighted by Gasteiger charge is -2.12. The quantitative estimate of drug-likeness (QED) is 0.243. The summed E-state index contributed by atoms with van der Waals surface area (Å²) in [6, 6.07) is 11.2. The third-order valence-electron chi connectivity index (χ3n) is 3.57. The van der Waals surface area contributed by atoms with Gasteiger partial charge in [-0.25, -0.2) is 0 Å². The molecule has 0 amide bonds. The number of anilines is 1. The van der Waals surface area contributed by atoms with Crippen LogP contribution in [0.15, 0.2) is 58.8 Å². The van der Waals surface area contributed by atoms with Crippen molar-refractivity contribution in [2.75, 3.05) is 5.73 Å². The summed E-state index contributed by atoms with van der Waals surface area (Å²) in [7, 11) is -9.91. The average Bonchev–Trinajstić information content (AvgIpc) is 2.59. The van der Waals surface area contributed by atoms with Gasteiger partial charge in [-0.15, -0.1) is 5.11 Å².